The quantitative estimate of drug-likeness (QED) is 0.474. The van der Waals surface area contributed by atoms with Crippen molar-refractivity contribution in [3.8, 4) is 27.6 Å². The molecule has 0 bridgehead atoms. The summed E-state index contributed by atoms with van der Waals surface area (Å²) in [6.45, 7) is 1.99. The maximum atomic E-state index is 12.6. The number of hydrogen-bond donors (Lipinski definition) is 1. The molecule has 0 aliphatic carbocycles. The zero-order chi connectivity index (χ0) is 19.5. The highest BCUT2D eigenvalue weighted by Crippen LogP contribution is 2.32. The predicted octanol–water partition coefficient (Wildman–Crippen LogP) is 5.50. The maximum Gasteiger partial charge on any atom is 0.269 e. The standard InChI is InChI=1S/C21H17N3O2S2/c1-13-18(14-8-10-16(26-2)11-9-14)23-21(27-13)24-19(25)17-12-22-20(28-17)15-6-4-3-5-7-15/h3-12H,1-2H3,(H,23,24,25). The lowest BCUT2D eigenvalue weighted by Crippen LogP contribution is -2.09. The van der Waals surface area contributed by atoms with Gasteiger partial charge in [0.25, 0.3) is 5.91 Å². The number of thiazole rings is 2. The van der Waals surface area contributed by atoms with Crippen LogP contribution in [0, 0.1) is 6.92 Å². The van der Waals surface area contributed by atoms with Crippen molar-refractivity contribution in [3.05, 3.63) is 70.5 Å². The average molecular weight is 408 g/mol. The molecule has 28 heavy (non-hydrogen) atoms. The Balaban J connectivity index is 1.51. The third-order valence-electron chi connectivity index (χ3n) is 4.13. The smallest absolute Gasteiger partial charge is 0.269 e. The molecule has 1 N–H and O–H groups in total. The first-order valence-corrected chi connectivity index (χ1v) is 10.2. The Labute approximate surface area is 170 Å². The van der Waals surface area contributed by atoms with Gasteiger partial charge in [0.2, 0.25) is 0 Å². The number of aryl methyl sites for hydroxylation is 1. The molecule has 0 aliphatic rings. The minimum atomic E-state index is -0.199. The van der Waals surface area contributed by atoms with Crippen LogP contribution in [0.15, 0.2) is 60.8 Å². The van der Waals surface area contributed by atoms with E-state index in [4.69, 9.17) is 4.74 Å². The van der Waals surface area contributed by atoms with Crippen molar-refractivity contribution in [3.63, 3.8) is 0 Å². The average Bonchev–Trinajstić information content (AvgIpc) is 3.36. The SMILES string of the molecule is COc1ccc(-c2nc(NC(=O)c3cnc(-c4ccccc4)s3)sc2C)cc1. The second-order valence-electron chi connectivity index (χ2n) is 6.00. The first-order chi connectivity index (χ1) is 13.6. The number of ether oxygens (including phenoxy) is 1. The molecule has 1 amide bonds. The molecule has 140 valence electrons. The number of amides is 1. The molecular formula is C21H17N3O2S2. The number of nitrogens with zero attached hydrogens (tertiary/aromatic N) is 2. The highest BCUT2D eigenvalue weighted by Gasteiger charge is 2.16. The first kappa shape index (κ1) is 18.3. The Morgan fingerprint density at radius 2 is 1.75 bits per heavy atom. The summed E-state index contributed by atoms with van der Waals surface area (Å²) >= 11 is 2.82. The van der Waals surface area contributed by atoms with Crippen LogP contribution in [0.25, 0.3) is 21.8 Å². The molecule has 0 fully saturated rings. The molecule has 7 heteroatoms. The van der Waals surface area contributed by atoms with E-state index in [1.165, 1.54) is 22.7 Å². The Hall–Kier alpha value is -3.03. The number of carbonyl (C=O) groups excluding carboxylic acids is 1. The Morgan fingerprint density at radius 1 is 1.00 bits per heavy atom. The molecule has 0 radical (unpaired) electrons. The molecule has 0 aliphatic heterocycles. The molecule has 0 spiro atoms. The maximum absolute atomic E-state index is 12.6. The Kier molecular flexibility index (Phi) is 5.18. The van der Waals surface area contributed by atoms with Crippen LogP contribution in [0.4, 0.5) is 5.13 Å². The van der Waals surface area contributed by atoms with Crippen LogP contribution < -0.4 is 10.1 Å². The van der Waals surface area contributed by atoms with E-state index in [1.807, 2.05) is 61.5 Å². The van der Waals surface area contributed by atoms with E-state index >= 15 is 0 Å². The van der Waals surface area contributed by atoms with Gasteiger partial charge >= 0.3 is 0 Å². The summed E-state index contributed by atoms with van der Waals surface area (Å²) in [4.78, 5) is 23.2. The second kappa shape index (κ2) is 7.92. The van der Waals surface area contributed by atoms with Gasteiger partial charge in [0.15, 0.2) is 5.13 Å². The minimum absolute atomic E-state index is 0.199. The number of nitrogens with one attached hydrogen (secondary N) is 1. The number of benzene rings is 2. The van der Waals surface area contributed by atoms with Gasteiger partial charge < -0.3 is 4.74 Å². The lowest BCUT2D eigenvalue weighted by atomic mass is 10.1. The molecule has 0 unspecified atom stereocenters. The van der Waals surface area contributed by atoms with Crippen LogP contribution in [-0.4, -0.2) is 23.0 Å². The van der Waals surface area contributed by atoms with E-state index in [-0.39, 0.29) is 5.91 Å². The molecule has 2 aromatic heterocycles. The molecule has 5 nitrogen and oxygen atoms in total. The van der Waals surface area contributed by atoms with Gasteiger partial charge in [0.05, 0.1) is 19.0 Å². The normalized spacial score (nSPS) is 10.6. The second-order valence-corrected chi connectivity index (χ2v) is 8.24. The van der Waals surface area contributed by atoms with Crippen molar-refractivity contribution < 1.29 is 9.53 Å². The molecule has 0 saturated carbocycles. The van der Waals surface area contributed by atoms with Crippen molar-refractivity contribution in [1.82, 2.24) is 9.97 Å². The molecule has 4 aromatic rings. The van der Waals surface area contributed by atoms with Gasteiger partial charge in [-0.1, -0.05) is 30.3 Å². The van der Waals surface area contributed by atoms with E-state index in [2.05, 4.69) is 15.3 Å². The first-order valence-electron chi connectivity index (χ1n) is 8.58. The fourth-order valence-corrected chi connectivity index (χ4v) is 4.37. The summed E-state index contributed by atoms with van der Waals surface area (Å²) in [6, 6.07) is 17.5. The summed E-state index contributed by atoms with van der Waals surface area (Å²) in [6.07, 6.45) is 1.60. The fourth-order valence-electron chi connectivity index (χ4n) is 2.72. The number of methoxy groups -OCH3 is 1. The molecule has 2 aromatic carbocycles. The van der Waals surface area contributed by atoms with Gasteiger partial charge in [-0.2, -0.15) is 0 Å². The van der Waals surface area contributed by atoms with Crippen molar-refractivity contribution in [2.75, 3.05) is 12.4 Å². The Bertz CT molecular complexity index is 1100. The summed E-state index contributed by atoms with van der Waals surface area (Å²) < 4.78 is 5.20. The van der Waals surface area contributed by atoms with Crippen molar-refractivity contribution in [2.45, 2.75) is 6.92 Å². The van der Waals surface area contributed by atoms with E-state index in [9.17, 15) is 4.79 Å². The molecule has 0 saturated heterocycles. The van der Waals surface area contributed by atoms with E-state index in [0.29, 0.717) is 10.0 Å². The largest absolute Gasteiger partial charge is 0.497 e. The van der Waals surface area contributed by atoms with Crippen molar-refractivity contribution >= 4 is 33.7 Å². The predicted molar refractivity (Wildman–Crippen MR) is 114 cm³/mol. The van der Waals surface area contributed by atoms with Gasteiger partial charge in [-0.3, -0.25) is 10.1 Å². The number of rotatable bonds is 5. The summed E-state index contributed by atoms with van der Waals surface area (Å²) in [5, 5.41) is 4.28. The molecule has 4 rings (SSSR count). The zero-order valence-corrected chi connectivity index (χ0v) is 16.9. The summed E-state index contributed by atoms with van der Waals surface area (Å²) in [5.74, 6) is 0.597. The van der Waals surface area contributed by atoms with Gasteiger partial charge in [0, 0.05) is 16.0 Å². The highest BCUT2D eigenvalue weighted by atomic mass is 32.1. The number of carbonyl (C=O) groups is 1. The zero-order valence-electron chi connectivity index (χ0n) is 15.3. The minimum Gasteiger partial charge on any atom is -0.497 e. The fraction of sp³-hybridized carbons (Fsp3) is 0.0952. The van der Waals surface area contributed by atoms with Gasteiger partial charge in [-0.05, 0) is 31.2 Å². The van der Waals surface area contributed by atoms with E-state index in [1.54, 1.807) is 13.3 Å². The van der Waals surface area contributed by atoms with E-state index in [0.717, 1.165) is 32.5 Å². The van der Waals surface area contributed by atoms with Crippen LogP contribution in [0.2, 0.25) is 0 Å². The number of aromatic nitrogens is 2. The van der Waals surface area contributed by atoms with Gasteiger partial charge in [0.1, 0.15) is 15.6 Å². The highest BCUT2D eigenvalue weighted by molar-refractivity contribution is 7.17. The number of anilines is 1. The molecular weight excluding hydrogens is 390 g/mol. The third-order valence-corrected chi connectivity index (χ3v) is 6.06. The van der Waals surface area contributed by atoms with E-state index < -0.39 is 0 Å². The topological polar surface area (TPSA) is 64.1 Å². The van der Waals surface area contributed by atoms with Crippen molar-refractivity contribution in [1.29, 1.82) is 0 Å². The summed E-state index contributed by atoms with van der Waals surface area (Å²) in [5.41, 5.74) is 2.84. The lowest BCUT2D eigenvalue weighted by molar-refractivity contribution is 0.103. The van der Waals surface area contributed by atoms with Crippen LogP contribution >= 0.6 is 22.7 Å². The third kappa shape index (κ3) is 3.81. The van der Waals surface area contributed by atoms with Crippen molar-refractivity contribution in [2.24, 2.45) is 0 Å². The molecule has 2 heterocycles. The number of hydrogen-bond acceptors (Lipinski definition) is 6. The van der Waals surface area contributed by atoms with Crippen LogP contribution in [0.5, 0.6) is 5.75 Å². The van der Waals surface area contributed by atoms with Crippen LogP contribution in [0.1, 0.15) is 14.5 Å². The van der Waals surface area contributed by atoms with Crippen LogP contribution in [0.3, 0.4) is 0 Å². The monoisotopic (exact) mass is 407 g/mol. The molecule has 0 atom stereocenters. The van der Waals surface area contributed by atoms with Gasteiger partial charge in [-0.25, -0.2) is 9.97 Å². The van der Waals surface area contributed by atoms with Crippen LogP contribution in [-0.2, 0) is 0 Å². The summed E-state index contributed by atoms with van der Waals surface area (Å²) in [7, 11) is 1.64. The lowest BCUT2D eigenvalue weighted by Gasteiger charge is -2.01. The van der Waals surface area contributed by atoms with Gasteiger partial charge in [-0.15, -0.1) is 22.7 Å². The Morgan fingerprint density at radius 3 is 2.46 bits per heavy atom.